The molecule has 0 aliphatic heterocycles. The Balaban J connectivity index is 1.68. The van der Waals surface area contributed by atoms with Crippen molar-refractivity contribution in [2.75, 3.05) is 5.32 Å². The van der Waals surface area contributed by atoms with Gasteiger partial charge in [-0.3, -0.25) is 4.98 Å². The number of anilines is 1. The van der Waals surface area contributed by atoms with E-state index < -0.39 is 21.5 Å². The van der Waals surface area contributed by atoms with Gasteiger partial charge in [0.2, 0.25) is 4.34 Å². The second-order valence-corrected chi connectivity index (χ2v) is 11.8. The molecular formula is C20H27N5O3S2. The highest BCUT2D eigenvalue weighted by Crippen LogP contribution is 2.41. The standard InChI is InChI=1S/C20H27N5O3S2/c1-10-8-9-13-15(10)22-14-7-5-6-12(14)16(13)23-18(26)25-30(21,28)19-24-17(11(2)29-19)20(3,4)27/h10,27H,5-9H2,1-4H3,(H3,21,22,23,25,26,28)/t10-,30?/m1/s1. The minimum absolute atomic E-state index is 0.0334. The Bertz CT molecular complexity index is 1160. The molecule has 0 bridgehead atoms. The Kier molecular flexibility index (Phi) is 5.24. The molecule has 2 aromatic rings. The molecule has 0 radical (unpaired) electrons. The van der Waals surface area contributed by atoms with Crippen LogP contribution in [0.5, 0.6) is 0 Å². The Morgan fingerprint density at radius 2 is 2.03 bits per heavy atom. The van der Waals surface area contributed by atoms with E-state index in [1.807, 2.05) is 0 Å². The molecule has 0 saturated heterocycles. The van der Waals surface area contributed by atoms with E-state index in [0.717, 1.165) is 71.6 Å². The molecule has 4 N–H and O–H groups in total. The molecule has 30 heavy (non-hydrogen) atoms. The molecule has 1 unspecified atom stereocenters. The van der Waals surface area contributed by atoms with Crippen LogP contribution in [-0.2, 0) is 34.8 Å². The Hall–Kier alpha value is -1.88. The smallest absolute Gasteiger partial charge is 0.354 e. The number of aromatic nitrogens is 2. The average molecular weight is 450 g/mol. The zero-order chi connectivity index (χ0) is 21.8. The van der Waals surface area contributed by atoms with E-state index in [1.54, 1.807) is 20.8 Å². The maximum atomic E-state index is 13.0. The molecule has 2 atom stereocenters. The number of nitrogens with zero attached hydrogens (tertiary/aromatic N) is 3. The molecule has 0 spiro atoms. The predicted octanol–water partition coefficient (Wildman–Crippen LogP) is 3.55. The summed E-state index contributed by atoms with van der Waals surface area (Å²) in [7, 11) is -3.54. The topological polar surface area (TPSA) is 131 Å². The summed E-state index contributed by atoms with van der Waals surface area (Å²) in [5, 5.41) is 19.0. The molecule has 8 nitrogen and oxygen atoms in total. The second-order valence-electron chi connectivity index (χ2n) is 8.60. The number of hydrogen-bond acceptors (Lipinski definition) is 6. The van der Waals surface area contributed by atoms with Crippen LogP contribution in [0.15, 0.2) is 8.70 Å². The number of nitrogens with two attached hydrogens (primary N) is 1. The number of urea groups is 1. The van der Waals surface area contributed by atoms with Crippen LogP contribution < -0.4 is 10.5 Å². The van der Waals surface area contributed by atoms with Crippen LogP contribution in [-0.4, -0.2) is 25.3 Å². The van der Waals surface area contributed by atoms with E-state index in [1.165, 1.54) is 0 Å². The predicted molar refractivity (Wildman–Crippen MR) is 117 cm³/mol. The Labute approximate surface area is 180 Å². The first-order valence-corrected chi connectivity index (χ1v) is 12.5. The van der Waals surface area contributed by atoms with E-state index in [0.29, 0.717) is 16.5 Å². The SMILES string of the molecule is Cc1sc(S(N)(=O)=NC(=O)Nc2c3c(nc4c2CC[C@H]4C)CCC3)nc1C(C)(C)O. The number of aliphatic hydroxyl groups is 1. The van der Waals surface area contributed by atoms with Crippen LogP contribution >= 0.6 is 11.3 Å². The zero-order valence-corrected chi connectivity index (χ0v) is 19.2. The number of amides is 2. The minimum Gasteiger partial charge on any atom is -0.384 e. The van der Waals surface area contributed by atoms with Crippen molar-refractivity contribution in [3.8, 4) is 0 Å². The van der Waals surface area contributed by atoms with Gasteiger partial charge in [0.15, 0.2) is 9.92 Å². The van der Waals surface area contributed by atoms with Crippen LogP contribution in [0.4, 0.5) is 10.5 Å². The van der Waals surface area contributed by atoms with Crippen LogP contribution in [0.1, 0.15) is 72.6 Å². The summed E-state index contributed by atoms with van der Waals surface area (Å²) in [6.07, 6.45) is 4.62. The van der Waals surface area contributed by atoms with Crippen LogP contribution in [0.25, 0.3) is 0 Å². The lowest BCUT2D eigenvalue weighted by molar-refractivity contribution is 0.0734. The normalized spacial score (nSPS) is 19.9. The van der Waals surface area contributed by atoms with Crippen molar-refractivity contribution in [3.63, 3.8) is 0 Å². The van der Waals surface area contributed by atoms with E-state index >= 15 is 0 Å². The van der Waals surface area contributed by atoms with Gasteiger partial charge >= 0.3 is 6.03 Å². The van der Waals surface area contributed by atoms with E-state index in [2.05, 4.69) is 21.6 Å². The lowest BCUT2D eigenvalue weighted by Gasteiger charge is -2.15. The summed E-state index contributed by atoms with van der Waals surface area (Å²) in [6.45, 7) is 7.09. The van der Waals surface area contributed by atoms with Gasteiger partial charge in [-0.25, -0.2) is 19.1 Å². The second kappa shape index (κ2) is 7.37. The van der Waals surface area contributed by atoms with Gasteiger partial charge in [-0.2, -0.15) is 0 Å². The molecule has 162 valence electrons. The van der Waals surface area contributed by atoms with Gasteiger partial charge in [-0.05, 0) is 69.9 Å². The third-order valence-corrected chi connectivity index (χ3v) is 8.47. The largest absolute Gasteiger partial charge is 0.384 e. The van der Waals surface area contributed by atoms with Gasteiger partial charge in [-0.1, -0.05) is 6.92 Å². The number of nitrogens with one attached hydrogen (secondary N) is 1. The van der Waals surface area contributed by atoms with E-state index in [-0.39, 0.29) is 4.34 Å². The monoisotopic (exact) mass is 449 g/mol. The number of aryl methyl sites for hydroxylation is 2. The van der Waals surface area contributed by atoms with Crippen molar-refractivity contribution < 1.29 is 14.1 Å². The number of carbonyl (C=O) groups is 1. The Morgan fingerprint density at radius 3 is 2.70 bits per heavy atom. The highest BCUT2D eigenvalue weighted by molar-refractivity contribution is 7.93. The van der Waals surface area contributed by atoms with Gasteiger partial charge in [0.05, 0.1) is 11.4 Å². The maximum Gasteiger partial charge on any atom is 0.354 e. The van der Waals surface area contributed by atoms with Gasteiger partial charge in [0.25, 0.3) is 0 Å². The van der Waals surface area contributed by atoms with Crippen molar-refractivity contribution >= 4 is 33.0 Å². The first-order valence-electron chi connectivity index (χ1n) is 10.1. The summed E-state index contributed by atoms with van der Waals surface area (Å²) in [5.41, 5.74) is 4.16. The van der Waals surface area contributed by atoms with Crippen LogP contribution in [0.3, 0.4) is 0 Å². The number of pyridine rings is 1. The van der Waals surface area contributed by atoms with Gasteiger partial charge in [0, 0.05) is 16.3 Å². The third-order valence-electron chi connectivity index (χ3n) is 5.71. The summed E-state index contributed by atoms with van der Waals surface area (Å²) in [4.78, 5) is 22.5. The number of hydrogen-bond donors (Lipinski definition) is 3. The lowest BCUT2D eigenvalue weighted by Crippen LogP contribution is -2.20. The quantitative estimate of drug-likeness (QED) is 0.659. The van der Waals surface area contributed by atoms with Crippen molar-refractivity contribution in [3.05, 3.63) is 33.1 Å². The molecule has 0 aromatic carbocycles. The molecule has 10 heteroatoms. The number of rotatable bonds is 3. The molecule has 0 saturated carbocycles. The molecule has 0 fully saturated rings. The molecule has 4 rings (SSSR count). The first-order chi connectivity index (χ1) is 14.0. The number of fused-ring (bicyclic) bond motifs is 2. The van der Waals surface area contributed by atoms with Gasteiger partial charge in [0.1, 0.15) is 5.60 Å². The van der Waals surface area contributed by atoms with Crippen molar-refractivity contribution in [2.24, 2.45) is 9.50 Å². The summed E-state index contributed by atoms with van der Waals surface area (Å²) in [5.74, 6) is 0.357. The fraction of sp³-hybridized carbons (Fsp3) is 0.550. The van der Waals surface area contributed by atoms with Crippen molar-refractivity contribution in [2.45, 2.75) is 75.7 Å². The molecule has 2 aromatic heterocycles. The molecule has 2 aliphatic carbocycles. The number of carbonyl (C=O) groups excluding carboxylic acids is 1. The van der Waals surface area contributed by atoms with E-state index in [9.17, 15) is 14.1 Å². The minimum atomic E-state index is -3.54. The molecule has 2 aliphatic rings. The summed E-state index contributed by atoms with van der Waals surface area (Å²) in [6, 6.07) is -0.748. The maximum absolute atomic E-state index is 13.0. The van der Waals surface area contributed by atoms with Crippen molar-refractivity contribution in [1.82, 2.24) is 9.97 Å². The molecule has 2 amide bonds. The first kappa shape index (κ1) is 21.4. The number of thiazole rings is 1. The highest BCUT2D eigenvalue weighted by Gasteiger charge is 2.30. The van der Waals surface area contributed by atoms with Gasteiger partial charge in [-0.15, -0.1) is 15.7 Å². The average Bonchev–Trinajstić information content (AvgIpc) is 3.33. The fourth-order valence-electron chi connectivity index (χ4n) is 4.31. The molecular weight excluding hydrogens is 422 g/mol. The Morgan fingerprint density at radius 1 is 1.30 bits per heavy atom. The van der Waals surface area contributed by atoms with Gasteiger partial charge < -0.3 is 10.4 Å². The lowest BCUT2D eigenvalue weighted by atomic mass is 10.0. The van der Waals surface area contributed by atoms with Crippen LogP contribution in [0.2, 0.25) is 0 Å². The van der Waals surface area contributed by atoms with E-state index in [4.69, 9.17) is 10.1 Å². The summed E-state index contributed by atoms with van der Waals surface area (Å²) < 4.78 is 16.8. The van der Waals surface area contributed by atoms with Crippen LogP contribution in [0, 0.1) is 6.92 Å². The highest BCUT2D eigenvalue weighted by atomic mass is 32.2. The zero-order valence-electron chi connectivity index (χ0n) is 17.6. The fourth-order valence-corrected chi connectivity index (χ4v) is 6.66. The third kappa shape index (κ3) is 3.77. The summed E-state index contributed by atoms with van der Waals surface area (Å²) >= 11 is 1.08. The molecule has 2 heterocycles. The van der Waals surface area contributed by atoms with Crippen molar-refractivity contribution in [1.29, 1.82) is 0 Å².